The molecule has 1 aromatic heterocycles. The van der Waals surface area contributed by atoms with Gasteiger partial charge in [0.05, 0.1) is 12.6 Å². The van der Waals surface area contributed by atoms with Gasteiger partial charge in [-0.25, -0.2) is 4.98 Å². The molecule has 4 nitrogen and oxygen atoms in total. The number of amides is 1. The third kappa shape index (κ3) is 3.09. The maximum Gasteiger partial charge on any atom is 0.240 e. The summed E-state index contributed by atoms with van der Waals surface area (Å²) in [5, 5.41) is 4.36. The van der Waals surface area contributed by atoms with Gasteiger partial charge in [0.15, 0.2) is 0 Å². The number of hydrogen-bond donors (Lipinski definition) is 1. The first-order valence-electron chi connectivity index (χ1n) is 6.70. The Labute approximate surface area is 112 Å². The molecule has 0 aromatic carbocycles. The predicted molar refractivity (Wildman–Crippen MR) is 73.6 cm³/mol. The fraction of sp³-hybridized carbons (Fsp3) is 0.692. The van der Waals surface area contributed by atoms with Gasteiger partial charge in [-0.1, -0.05) is 13.8 Å². The first-order valence-corrected chi connectivity index (χ1v) is 7.52. The molecule has 1 aliphatic rings. The molecular weight excluding hydrogens is 246 g/mol. The second-order valence-corrected chi connectivity index (χ2v) is 5.83. The number of carbonyl (C=O) groups excluding carboxylic acids is 1. The van der Waals surface area contributed by atoms with E-state index in [-0.39, 0.29) is 11.9 Å². The summed E-state index contributed by atoms with van der Waals surface area (Å²) in [4.78, 5) is 19.7. The number of aryl methyl sites for hydroxylation is 1. The average Bonchev–Trinajstić information content (AvgIpc) is 2.96. The number of aromatic nitrogens is 1. The molecule has 1 aromatic rings. The van der Waals surface area contributed by atoms with Crippen LogP contribution in [0.4, 0.5) is 0 Å². The minimum Gasteiger partial charge on any atom is -0.335 e. The summed E-state index contributed by atoms with van der Waals surface area (Å²) in [6.45, 7) is 6.69. The molecule has 1 fully saturated rings. The molecule has 1 saturated heterocycles. The minimum atomic E-state index is 0.0237. The maximum atomic E-state index is 12.1. The van der Waals surface area contributed by atoms with E-state index in [4.69, 9.17) is 0 Å². The van der Waals surface area contributed by atoms with Gasteiger partial charge in [0.2, 0.25) is 5.91 Å². The van der Waals surface area contributed by atoms with Crippen molar-refractivity contribution in [3.05, 3.63) is 16.1 Å². The highest BCUT2D eigenvalue weighted by Gasteiger charge is 2.31. The zero-order valence-corrected chi connectivity index (χ0v) is 11.9. The number of likely N-dealkylation sites (tertiary alicyclic amines) is 1. The maximum absolute atomic E-state index is 12.1. The molecule has 5 heteroatoms. The van der Waals surface area contributed by atoms with Crippen molar-refractivity contribution < 1.29 is 4.79 Å². The van der Waals surface area contributed by atoms with Crippen molar-refractivity contribution in [3.63, 3.8) is 0 Å². The molecular formula is C13H21N3OS. The van der Waals surface area contributed by atoms with E-state index in [2.05, 4.69) is 24.1 Å². The van der Waals surface area contributed by atoms with Crippen molar-refractivity contribution in [2.45, 2.75) is 45.7 Å². The van der Waals surface area contributed by atoms with Crippen molar-refractivity contribution >= 4 is 17.2 Å². The van der Waals surface area contributed by atoms with Gasteiger partial charge in [0.25, 0.3) is 0 Å². The summed E-state index contributed by atoms with van der Waals surface area (Å²) >= 11 is 1.72. The van der Waals surface area contributed by atoms with E-state index < -0.39 is 0 Å². The largest absolute Gasteiger partial charge is 0.335 e. The summed E-state index contributed by atoms with van der Waals surface area (Å²) < 4.78 is 0. The van der Waals surface area contributed by atoms with Crippen LogP contribution in [0.15, 0.2) is 6.20 Å². The SMILES string of the molecule is CCCNC1CCN(Cc2ncc(CC)s2)C1=O. The van der Waals surface area contributed by atoms with Crippen LogP contribution in [0.5, 0.6) is 0 Å². The van der Waals surface area contributed by atoms with Gasteiger partial charge in [-0.3, -0.25) is 4.79 Å². The van der Waals surface area contributed by atoms with Gasteiger partial charge in [-0.15, -0.1) is 11.3 Å². The highest BCUT2D eigenvalue weighted by Crippen LogP contribution is 2.19. The smallest absolute Gasteiger partial charge is 0.240 e. The Morgan fingerprint density at radius 1 is 1.56 bits per heavy atom. The highest BCUT2D eigenvalue weighted by atomic mass is 32.1. The Bertz CT molecular complexity index is 405. The van der Waals surface area contributed by atoms with Crippen LogP contribution in [-0.4, -0.2) is 34.9 Å². The van der Waals surface area contributed by atoms with Crippen LogP contribution >= 0.6 is 11.3 Å². The molecule has 2 rings (SSSR count). The van der Waals surface area contributed by atoms with Gasteiger partial charge in [-0.2, -0.15) is 0 Å². The van der Waals surface area contributed by atoms with E-state index in [1.54, 1.807) is 11.3 Å². The normalized spacial score (nSPS) is 19.8. The number of thiazole rings is 1. The predicted octanol–water partition coefficient (Wildman–Crippen LogP) is 1.81. The summed E-state index contributed by atoms with van der Waals surface area (Å²) in [6.07, 6.45) is 4.93. The topological polar surface area (TPSA) is 45.2 Å². The Hall–Kier alpha value is -0.940. The van der Waals surface area contributed by atoms with Crippen LogP contribution in [0.25, 0.3) is 0 Å². The second kappa shape index (κ2) is 6.29. The standard InChI is InChI=1S/C13H21N3OS/c1-3-6-14-11-5-7-16(13(11)17)9-12-15-8-10(4-2)18-12/h8,11,14H,3-7,9H2,1-2H3. The summed E-state index contributed by atoms with van der Waals surface area (Å²) in [6, 6.07) is 0.0237. The number of nitrogens with one attached hydrogen (secondary N) is 1. The fourth-order valence-corrected chi connectivity index (χ4v) is 3.03. The van der Waals surface area contributed by atoms with Crippen molar-refractivity contribution in [2.75, 3.05) is 13.1 Å². The zero-order valence-electron chi connectivity index (χ0n) is 11.1. The Kier molecular flexibility index (Phi) is 4.72. The number of hydrogen-bond acceptors (Lipinski definition) is 4. The van der Waals surface area contributed by atoms with Crippen LogP contribution in [0.1, 0.15) is 36.6 Å². The summed E-state index contributed by atoms with van der Waals surface area (Å²) in [7, 11) is 0. The quantitative estimate of drug-likeness (QED) is 0.855. The lowest BCUT2D eigenvalue weighted by Gasteiger charge is -2.15. The van der Waals surface area contributed by atoms with Crippen molar-refractivity contribution in [2.24, 2.45) is 0 Å². The Morgan fingerprint density at radius 3 is 3.06 bits per heavy atom. The Balaban J connectivity index is 1.89. The summed E-state index contributed by atoms with van der Waals surface area (Å²) in [5.74, 6) is 0.233. The van der Waals surface area contributed by atoms with E-state index in [0.29, 0.717) is 6.54 Å². The lowest BCUT2D eigenvalue weighted by molar-refractivity contribution is -0.129. The van der Waals surface area contributed by atoms with Crippen LogP contribution in [-0.2, 0) is 17.8 Å². The number of nitrogens with zero attached hydrogens (tertiary/aromatic N) is 2. The van der Waals surface area contributed by atoms with E-state index >= 15 is 0 Å². The molecule has 1 N–H and O–H groups in total. The van der Waals surface area contributed by atoms with E-state index in [9.17, 15) is 4.79 Å². The fourth-order valence-electron chi connectivity index (χ4n) is 2.15. The van der Waals surface area contributed by atoms with Gasteiger partial charge in [0, 0.05) is 17.6 Å². The number of carbonyl (C=O) groups is 1. The van der Waals surface area contributed by atoms with Gasteiger partial charge in [0.1, 0.15) is 5.01 Å². The highest BCUT2D eigenvalue weighted by molar-refractivity contribution is 7.11. The van der Waals surface area contributed by atoms with Crippen molar-refractivity contribution in [3.8, 4) is 0 Å². The molecule has 100 valence electrons. The van der Waals surface area contributed by atoms with Crippen LogP contribution < -0.4 is 5.32 Å². The summed E-state index contributed by atoms with van der Waals surface area (Å²) in [5.41, 5.74) is 0. The van der Waals surface area contributed by atoms with E-state index in [1.165, 1.54) is 4.88 Å². The molecule has 18 heavy (non-hydrogen) atoms. The van der Waals surface area contributed by atoms with Crippen LogP contribution in [0.3, 0.4) is 0 Å². The molecule has 1 aliphatic heterocycles. The lowest BCUT2D eigenvalue weighted by atomic mass is 10.2. The van der Waals surface area contributed by atoms with Crippen LogP contribution in [0.2, 0.25) is 0 Å². The average molecular weight is 267 g/mol. The molecule has 1 amide bonds. The molecule has 0 radical (unpaired) electrons. The monoisotopic (exact) mass is 267 g/mol. The van der Waals surface area contributed by atoms with Crippen molar-refractivity contribution in [1.82, 2.24) is 15.2 Å². The number of rotatable bonds is 6. The molecule has 2 heterocycles. The lowest BCUT2D eigenvalue weighted by Crippen LogP contribution is -2.38. The van der Waals surface area contributed by atoms with Crippen molar-refractivity contribution in [1.29, 1.82) is 0 Å². The third-order valence-electron chi connectivity index (χ3n) is 3.21. The molecule has 0 spiro atoms. The zero-order chi connectivity index (χ0) is 13.0. The van der Waals surface area contributed by atoms with Crippen LogP contribution in [0, 0.1) is 0 Å². The second-order valence-electron chi connectivity index (χ2n) is 4.63. The van der Waals surface area contributed by atoms with Gasteiger partial charge in [-0.05, 0) is 25.8 Å². The Morgan fingerprint density at radius 2 is 2.39 bits per heavy atom. The molecule has 0 bridgehead atoms. The van der Waals surface area contributed by atoms with Gasteiger partial charge >= 0.3 is 0 Å². The molecule has 0 saturated carbocycles. The first-order chi connectivity index (χ1) is 8.74. The van der Waals surface area contributed by atoms with E-state index in [0.717, 1.165) is 37.4 Å². The molecule has 0 aliphatic carbocycles. The minimum absolute atomic E-state index is 0.0237. The first kappa shape index (κ1) is 13.5. The third-order valence-corrected chi connectivity index (χ3v) is 4.34. The molecule has 1 unspecified atom stereocenters. The van der Waals surface area contributed by atoms with E-state index in [1.807, 2.05) is 11.1 Å². The molecule has 1 atom stereocenters. The van der Waals surface area contributed by atoms with Gasteiger partial charge < -0.3 is 10.2 Å².